The summed E-state index contributed by atoms with van der Waals surface area (Å²) in [4.78, 5) is 4.79. The average molecular weight is 882 g/mol. The largest absolute Gasteiger partial charge is 2.00 e. The van der Waals surface area contributed by atoms with Crippen molar-refractivity contribution in [2.24, 2.45) is 5.92 Å². The van der Waals surface area contributed by atoms with Crippen LogP contribution in [0.5, 0.6) is 11.5 Å². The zero-order valence-corrected chi connectivity index (χ0v) is 35.0. The summed E-state index contributed by atoms with van der Waals surface area (Å²) in [6.07, 6.45) is 4.80. The van der Waals surface area contributed by atoms with Crippen molar-refractivity contribution < 1.29 is 25.8 Å². The van der Waals surface area contributed by atoms with Gasteiger partial charge < -0.3 is 9.30 Å². The van der Waals surface area contributed by atoms with Gasteiger partial charge in [0, 0.05) is 34.5 Å². The fraction of sp³-hybridized carbons (Fsp3) is 0.319. The van der Waals surface area contributed by atoms with Crippen molar-refractivity contribution in [3.63, 3.8) is 0 Å². The second-order valence-electron chi connectivity index (χ2n) is 15.8. The van der Waals surface area contributed by atoms with Crippen LogP contribution in [0, 0.1) is 45.7 Å². The van der Waals surface area contributed by atoms with Crippen molar-refractivity contribution in [2.75, 3.05) is 0 Å². The minimum absolute atomic E-state index is 0. The van der Waals surface area contributed by atoms with E-state index >= 15 is 0 Å². The van der Waals surface area contributed by atoms with Crippen molar-refractivity contribution in [2.45, 2.75) is 93.9 Å². The van der Waals surface area contributed by atoms with Gasteiger partial charge in [0.15, 0.2) is 0 Å². The van der Waals surface area contributed by atoms with Crippen LogP contribution in [-0.2, 0) is 39.3 Å². The molecule has 53 heavy (non-hydrogen) atoms. The Morgan fingerprint density at radius 2 is 1.55 bits per heavy atom. The van der Waals surface area contributed by atoms with E-state index in [4.69, 9.17) is 14.8 Å². The van der Waals surface area contributed by atoms with Gasteiger partial charge in [0.05, 0.1) is 5.69 Å². The molecule has 0 aliphatic heterocycles. The molecule has 0 atom stereocenters. The van der Waals surface area contributed by atoms with Crippen molar-refractivity contribution in [1.29, 1.82) is 0 Å². The molecule has 5 nitrogen and oxygen atoms in total. The molecular weight excluding hydrogens is 832 g/mol. The minimum atomic E-state index is -0.134. The number of aryl methyl sites for hydroxylation is 5. The van der Waals surface area contributed by atoms with E-state index in [0.29, 0.717) is 17.4 Å². The molecule has 7 rings (SSSR count). The minimum Gasteiger partial charge on any atom is -0.509 e. The van der Waals surface area contributed by atoms with Crippen LogP contribution in [0.3, 0.4) is 0 Å². The molecule has 0 fully saturated rings. The van der Waals surface area contributed by atoms with Crippen molar-refractivity contribution >= 4 is 21.8 Å². The monoisotopic (exact) mass is 881 g/mol. The van der Waals surface area contributed by atoms with Gasteiger partial charge in [0.25, 0.3) is 0 Å². The molecule has 0 bridgehead atoms. The summed E-state index contributed by atoms with van der Waals surface area (Å²) in [7, 11) is 0. The molecule has 0 saturated heterocycles. The maximum Gasteiger partial charge on any atom is 2.00 e. The van der Waals surface area contributed by atoms with E-state index in [9.17, 15) is 0 Å². The van der Waals surface area contributed by atoms with Crippen molar-refractivity contribution in [1.82, 2.24) is 19.3 Å². The number of pyridine rings is 1. The molecule has 0 amide bonds. The van der Waals surface area contributed by atoms with Gasteiger partial charge in [-0.15, -0.1) is 41.3 Å². The molecule has 0 saturated carbocycles. The van der Waals surface area contributed by atoms with Crippen LogP contribution in [0.25, 0.3) is 44.4 Å². The van der Waals surface area contributed by atoms with E-state index in [2.05, 4.69) is 157 Å². The zero-order valence-electron chi connectivity index (χ0n) is 32.7. The molecule has 3 aromatic heterocycles. The Hall–Kier alpha value is -4.47. The standard InChI is InChI=1S/C47H50N4O.Pt/c1-11-34-20-21-48-44(24-34)50-41-15-13-12-14-39(41)40-18-17-37(28-43(40)50)52-38-26-35(47(8,9)10)25-36(27-38)51-42(19-16-29(2)3)46(33(7)49-51)45-31(5)22-30(4)23-32(45)6;/h12-15,17-18,20-26,29H,11,16,19H2,1-10H3;/q-2;+2. The third kappa shape index (κ3) is 7.51. The summed E-state index contributed by atoms with van der Waals surface area (Å²) in [6, 6.07) is 33.1. The topological polar surface area (TPSA) is 44.9 Å². The predicted molar refractivity (Wildman–Crippen MR) is 216 cm³/mol. The number of nitrogens with zero attached hydrogens (tertiary/aromatic N) is 4. The molecule has 0 spiro atoms. The van der Waals surface area contributed by atoms with Gasteiger partial charge in [-0.2, -0.15) is 11.2 Å². The van der Waals surface area contributed by atoms with E-state index in [1.165, 1.54) is 39.1 Å². The number of rotatable bonds is 9. The fourth-order valence-electron chi connectivity index (χ4n) is 7.55. The first-order valence-electron chi connectivity index (χ1n) is 18.7. The molecule has 0 radical (unpaired) electrons. The van der Waals surface area contributed by atoms with Crippen LogP contribution in [0.2, 0.25) is 0 Å². The normalized spacial score (nSPS) is 11.8. The number of hydrogen-bond donors (Lipinski definition) is 0. The Bertz CT molecular complexity index is 2420. The van der Waals surface area contributed by atoms with Crippen LogP contribution < -0.4 is 4.74 Å². The maximum absolute atomic E-state index is 6.74. The summed E-state index contributed by atoms with van der Waals surface area (Å²) in [6.45, 7) is 22.2. The van der Waals surface area contributed by atoms with Gasteiger partial charge >= 0.3 is 21.1 Å². The average Bonchev–Trinajstić information content (AvgIpc) is 3.60. The van der Waals surface area contributed by atoms with Gasteiger partial charge in [0.1, 0.15) is 5.82 Å². The summed E-state index contributed by atoms with van der Waals surface area (Å²) in [5.41, 5.74) is 13.8. The number of aromatic nitrogens is 4. The van der Waals surface area contributed by atoms with Gasteiger partial charge in [-0.3, -0.25) is 4.68 Å². The number of ether oxygens (including phenoxy) is 1. The first-order chi connectivity index (χ1) is 24.8. The molecular formula is C47H50N4OPt. The molecule has 0 aliphatic carbocycles. The van der Waals surface area contributed by atoms with Gasteiger partial charge in [-0.25, -0.2) is 4.98 Å². The van der Waals surface area contributed by atoms with E-state index < -0.39 is 0 Å². The second-order valence-corrected chi connectivity index (χ2v) is 15.8. The molecule has 7 aromatic rings. The first-order valence-corrected chi connectivity index (χ1v) is 18.7. The van der Waals surface area contributed by atoms with E-state index in [1.807, 2.05) is 12.3 Å². The molecule has 0 unspecified atom stereocenters. The SMILES string of the molecule is CCc1ccnc(-n2c3[c-]c(Oc4[c-]c(-n5nc(C)c(-c6c(C)cc(C)cc6C)c5CCC(C)C)cc(C(C)(C)C)c4)ccc3c3ccccc32)c1.[Pt+2]. The summed E-state index contributed by atoms with van der Waals surface area (Å²) >= 11 is 0. The Morgan fingerprint density at radius 3 is 2.25 bits per heavy atom. The summed E-state index contributed by atoms with van der Waals surface area (Å²) < 4.78 is 11.1. The van der Waals surface area contributed by atoms with Gasteiger partial charge in [0.2, 0.25) is 0 Å². The van der Waals surface area contributed by atoms with E-state index in [-0.39, 0.29) is 26.5 Å². The van der Waals surface area contributed by atoms with Crippen LogP contribution in [0.15, 0.2) is 79.0 Å². The Labute approximate surface area is 329 Å². The zero-order chi connectivity index (χ0) is 36.9. The van der Waals surface area contributed by atoms with Crippen LogP contribution in [-0.4, -0.2) is 19.3 Å². The smallest absolute Gasteiger partial charge is 0.509 e. The molecule has 0 aliphatic rings. The Kier molecular flexibility index (Phi) is 10.9. The molecule has 274 valence electrons. The summed E-state index contributed by atoms with van der Waals surface area (Å²) in [5, 5.41) is 7.51. The first kappa shape index (κ1) is 38.3. The number of para-hydroxylation sites is 1. The van der Waals surface area contributed by atoms with Crippen molar-refractivity contribution in [3.8, 4) is 34.1 Å². The van der Waals surface area contributed by atoms with Crippen LogP contribution in [0.1, 0.15) is 87.2 Å². The number of hydrogen-bond acceptors (Lipinski definition) is 3. The van der Waals surface area contributed by atoms with E-state index in [1.54, 1.807) is 0 Å². The molecule has 0 N–H and O–H groups in total. The third-order valence-corrected chi connectivity index (χ3v) is 10.2. The van der Waals surface area contributed by atoms with Crippen LogP contribution in [0.4, 0.5) is 0 Å². The third-order valence-electron chi connectivity index (χ3n) is 10.2. The Morgan fingerprint density at radius 1 is 0.811 bits per heavy atom. The van der Waals surface area contributed by atoms with Crippen molar-refractivity contribution in [3.05, 3.63) is 130 Å². The molecule has 6 heteroatoms. The number of benzene rings is 4. The Balaban J connectivity index is 0.00000481. The molecule has 3 heterocycles. The quantitative estimate of drug-likeness (QED) is 0.136. The van der Waals surface area contributed by atoms with E-state index in [0.717, 1.165) is 63.8 Å². The van der Waals surface area contributed by atoms with Gasteiger partial charge in [-0.05, 0) is 110 Å². The summed E-state index contributed by atoms with van der Waals surface area (Å²) in [5.74, 6) is 2.69. The van der Waals surface area contributed by atoms with Crippen LogP contribution >= 0.6 is 0 Å². The fourth-order valence-corrected chi connectivity index (χ4v) is 7.55. The maximum atomic E-state index is 6.74. The predicted octanol–water partition coefficient (Wildman–Crippen LogP) is 12.1. The second kappa shape index (κ2) is 15.1. The molecule has 4 aromatic carbocycles. The number of fused-ring (bicyclic) bond motifs is 3. The van der Waals surface area contributed by atoms with Gasteiger partial charge in [-0.1, -0.05) is 83.0 Å².